The van der Waals surface area contributed by atoms with Crippen molar-refractivity contribution in [1.82, 2.24) is 4.90 Å². The van der Waals surface area contributed by atoms with Crippen LogP contribution in [-0.4, -0.2) is 55.5 Å². The molecule has 2 amide bonds. The zero-order valence-electron chi connectivity index (χ0n) is 18.4. The molecular weight excluding hydrogens is 446 g/mol. The zero-order chi connectivity index (χ0) is 23.1. The van der Waals surface area contributed by atoms with E-state index in [2.05, 4.69) is 30.9 Å². The number of nitrogens with one attached hydrogen (secondary N) is 1. The van der Waals surface area contributed by atoms with Crippen LogP contribution in [0.2, 0.25) is 5.02 Å². The molecular formula is C24H28ClN3O3S. The van der Waals surface area contributed by atoms with Crippen molar-refractivity contribution < 1.29 is 14.3 Å². The van der Waals surface area contributed by atoms with Crippen LogP contribution >= 0.6 is 23.4 Å². The fourth-order valence-electron chi connectivity index (χ4n) is 3.45. The Kier molecular flexibility index (Phi) is 8.73. The van der Waals surface area contributed by atoms with E-state index in [9.17, 15) is 9.59 Å². The average molecular weight is 474 g/mol. The smallest absolute Gasteiger partial charge is 0.255 e. The van der Waals surface area contributed by atoms with E-state index >= 15 is 0 Å². The number of nitrogens with zero attached hydrogens (tertiary/aromatic N) is 2. The molecule has 1 fully saturated rings. The van der Waals surface area contributed by atoms with E-state index in [-0.39, 0.29) is 23.5 Å². The lowest BCUT2D eigenvalue weighted by Crippen LogP contribution is -2.41. The Morgan fingerprint density at radius 2 is 2.00 bits per heavy atom. The van der Waals surface area contributed by atoms with Crippen molar-refractivity contribution in [1.29, 1.82) is 0 Å². The Bertz CT molecular complexity index is 992. The summed E-state index contributed by atoms with van der Waals surface area (Å²) in [6.45, 7) is 10.1. The quantitative estimate of drug-likeness (QED) is 0.412. The minimum absolute atomic E-state index is 0.0575. The van der Waals surface area contributed by atoms with Crippen LogP contribution in [0.3, 0.4) is 0 Å². The first-order chi connectivity index (χ1) is 15.4. The first-order valence-electron chi connectivity index (χ1n) is 10.6. The Morgan fingerprint density at radius 1 is 1.25 bits per heavy atom. The molecule has 1 N–H and O–H groups in total. The molecule has 0 bridgehead atoms. The molecule has 0 aromatic heterocycles. The van der Waals surface area contributed by atoms with E-state index in [1.165, 1.54) is 11.8 Å². The van der Waals surface area contributed by atoms with Gasteiger partial charge in [-0.2, -0.15) is 0 Å². The Labute approximate surface area is 198 Å². The number of carbonyl (C=O) groups is 2. The van der Waals surface area contributed by atoms with Gasteiger partial charge in [-0.25, -0.2) is 0 Å². The molecule has 1 atom stereocenters. The van der Waals surface area contributed by atoms with Gasteiger partial charge in [0.05, 0.1) is 24.7 Å². The minimum atomic E-state index is -0.198. The van der Waals surface area contributed by atoms with Crippen LogP contribution in [0.4, 0.5) is 11.4 Å². The van der Waals surface area contributed by atoms with Gasteiger partial charge in [0.15, 0.2) is 0 Å². The summed E-state index contributed by atoms with van der Waals surface area (Å²) in [5, 5.41) is 3.58. The highest BCUT2D eigenvalue weighted by atomic mass is 35.5. The highest BCUT2D eigenvalue weighted by Gasteiger charge is 2.19. The van der Waals surface area contributed by atoms with E-state index in [0.29, 0.717) is 48.3 Å². The second-order valence-electron chi connectivity index (χ2n) is 7.62. The molecule has 2 aromatic carbocycles. The molecule has 170 valence electrons. The fraction of sp³-hybridized carbons (Fsp3) is 0.375. The summed E-state index contributed by atoms with van der Waals surface area (Å²) >= 11 is 7.55. The number of carbonyl (C=O) groups excluding carboxylic acids is 2. The number of hydrogen-bond donors (Lipinski definition) is 1. The van der Waals surface area contributed by atoms with Gasteiger partial charge in [0.2, 0.25) is 5.91 Å². The maximum Gasteiger partial charge on any atom is 0.255 e. The SMILES string of the molecule is C=Nc1ccc(NC(=O)c2ccc(Cl)cc2C(C)CC)cc1SCC(=O)N1CCOCC1. The van der Waals surface area contributed by atoms with Crippen molar-refractivity contribution in [2.45, 2.75) is 31.1 Å². The predicted molar refractivity (Wildman–Crippen MR) is 132 cm³/mol. The van der Waals surface area contributed by atoms with E-state index < -0.39 is 0 Å². The molecule has 0 radical (unpaired) electrons. The Morgan fingerprint density at radius 3 is 2.69 bits per heavy atom. The molecule has 0 spiro atoms. The van der Waals surface area contributed by atoms with Crippen molar-refractivity contribution >= 4 is 53.3 Å². The van der Waals surface area contributed by atoms with Crippen LogP contribution in [-0.2, 0) is 9.53 Å². The van der Waals surface area contributed by atoms with Crippen LogP contribution in [0, 0.1) is 0 Å². The van der Waals surface area contributed by atoms with Crippen molar-refractivity contribution in [3.05, 3.63) is 52.5 Å². The number of anilines is 1. The summed E-state index contributed by atoms with van der Waals surface area (Å²) in [5.41, 5.74) is 2.84. The minimum Gasteiger partial charge on any atom is -0.378 e. The third-order valence-electron chi connectivity index (χ3n) is 5.50. The van der Waals surface area contributed by atoms with Gasteiger partial charge in [-0.05, 0) is 61.0 Å². The van der Waals surface area contributed by atoms with Gasteiger partial charge in [-0.1, -0.05) is 25.4 Å². The lowest BCUT2D eigenvalue weighted by atomic mass is 9.93. The van der Waals surface area contributed by atoms with E-state index in [1.807, 2.05) is 12.1 Å². The highest BCUT2D eigenvalue weighted by molar-refractivity contribution is 8.00. The summed E-state index contributed by atoms with van der Waals surface area (Å²) < 4.78 is 5.30. The van der Waals surface area contributed by atoms with Crippen molar-refractivity contribution in [2.24, 2.45) is 4.99 Å². The Hall–Kier alpha value is -2.35. The first kappa shape index (κ1) is 24.3. The zero-order valence-corrected chi connectivity index (χ0v) is 20.0. The molecule has 1 saturated heterocycles. The van der Waals surface area contributed by atoms with E-state index in [1.54, 1.807) is 29.2 Å². The number of morpholine rings is 1. The van der Waals surface area contributed by atoms with Gasteiger partial charge in [0, 0.05) is 34.3 Å². The van der Waals surface area contributed by atoms with Gasteiger partial charge in [0.25, 0.3) is 5.91 Å². The summed E-state index contributed by atoms with van der Waals surface area (Å²) in [6, 6.07) is 10.8. The van der Waals surface area contributed by atoms with Crippen LogP contribution in [0.25, 0.3) is 0 Å². The lowest BCUT2D eigenvalue weighted by molar-refractivity contribution is -0.132. The summed E-state index contributed by atoms with van der Waals surface area (Å²) in [7, 11) is 0. The molecule has 1 unspecified atom stereocenters. The third kappa shape index (κ3) is 6.12. The monoisotopic (exact) mass is 473 g/mol. The molecule has 1 aliphatic heterocycles. The van der Waals surface area contributed by atoms with Crippen molar-refractivity contribution in [3.63, 3.8) is 0 Å². The maximum absolute atomic E-state index is 13.0. The summed E-state index contributed by atoms with van der Waals surface area (Å²) in [6.07, 6.45) is 0.901. The summed E-state index contributed by atoms with van der Waals surface area (Å²) in [5.74, 6) is 0.354. The largest absolute Gasteiger partial charge is 0.378 e. The maximum atomic E-state index is 13.0. The van der Waals surface area contributed by atoms with Gasteiger partial charge in [-0.3, -0.25) is 14.6 Å². The van der Waals surface area contributed by atoms with Crippen LogP contribution in [0.5, 0.6) is 0 Å². The topological polar surface area (TPSA) is 71.0 Å². The molecule has 6 nitrogen and oxygen atoms in total. The summed E-state index contributed by atoms with van der Waals surface area (Å²) in [4.78, 5) is 32.2. The number of halogens is 1. The number of amides is 2. The molecule has 0 aliphatic carbocycles. The van der Waals surface area contributed by atoms with Crippen LogP contribution in [0.15, 0.2) is 46.3 Å². The number of rotatable bonds is 8. The highest BCUT2D eigenvalue weighted by Crippen LogP contribution is 2.33. The van der Waals surface area contributed by atoms with Crippen molar-refractivity contribution in [3.8, 4) is 0 Å². The predicted octanol–water partition coefficient (Wildman–Crippen LogP) is 5.39. The molecule has 0 saturated carbocycles. The standard InChI is InChI=1S/C24H28ClN3O3S/c1-4-16(2)20-13-17(25)5-7-19(20)24(30)27-18-6-8-21(26-3)22(14-18)32-15-23(29)28-9-11-31-12-10-28/h5-8,13-14,16H,3-4,9-12,15H2,1-2H3,(H,27,30). The second-order valence-corrected chi connectivity index (χ2v) is 9.07. The van der Waals surface area contributed by atoms with Crippen molar-refractivity contribution in [2.75, 3.05) is 37.4 Å². The molecule has 32 heavy (non-hydrogen) atoms. The normalized spacial score (nSPS) is 14.7. The molecule has 3 rings (SSSR count). The average Bonchev–Trinajstić information content (AvgIpc) is 2.82. The van der Waals surface area contributed by atoms with Gasteiger partial charge >= 0.3 is 0 Å². The Balaban J connectivity index is 1.74. The third-order valence-corrected chi connectivity index (χ3v) is 6.77. The fourth-order valence-corrected chi connectivity index (χ4v) is 4.58. The molecule has 8 heteroatoms. The van der Waals surface area contributed by atoms with Crippen LogP contribution in [0.1, 0.15) is 42.1 Å². The number of ether oxygens (including phenoxy) is 1. The van der Waals surface area contributed by atoms with E-state index in [0.717, 1.165) is 16.9 Å². The first-order valence-corrected chi connectivity index (χ1v) is 12.0. The number of benzene rings is 2. The molecule has 2 aromatic rings. The number of hydrogen-bond acceptors (Lipinski definition) is 5. The number of thioether (sulfide) groups is 1. The lowest BCUT2D eigenvalue weighted by Gasteiger charge is -2.26. The second kappa shape index (κ2) is 11.5. The molecule has 1 aliphatic rings. The van der Waals surface area contributed by atoms with Gasteiger partial charge in [0.1, 0.15) is 0 Å². The number of aliphatic imine (C=N–C) groups is 1. The molecule has 1 heterocycles. The van der Waals surface area contributed by atoms with E-state index in [4.69, 9.17) is 16.3 Å². The van der Waals surface area contributed by atoms with Gasteiger partial charge < -0.3 is 15.0 Å². The van der Waals surface area contributed by atoms with Gasteiger partial charge in [-0.15, -0.1) is 11.8 Å². The van der Waals surface area contributed by atoms with Crippen LogP contribution < -0.4 is 5.32 Å².